The highest BCUT2D eigenvalue weighted by molar-refractivity contribution is 6.50. The second-order valence-electron chi connectivity index (χ2n) is 9.03. The Morgan fingerprint density at radius 3 is 2.61 bits per heavy atom. The van der Waals surface area contributed by atoms with Gasteiger partial charge in [0.2, 0.25) is 0 Å². The highest BCUT2D eigenvalue weighted by atomic mass is 19.1. The van der Waals surface area contributed by atoms with Gasteiger partial charge in [-0.1, -0.05) is 31.2 Å². The van der Waals surface area contributed by atoms with Crippen LogP contribution < -0.4 is 15.4 Å². The largest absolute Gasteiger partial charge is 0.492 e. The summed E-state index contributed by atoms with van der Waals surface area (Å²) >= 11 is 0. The zero-order chi connectivity index (χ0) is 22.7. The minimum Gasteiger partial charge on any atom is -0.492 e. The number of carbonyl (C=O) groups is 2. The summed E-state index contributed by atoms with van der Waals surface area (Å²) in [5.74, 6) is -1.22. The summed E-state index contributed by atoms with van der Waals surface area (Å²) in [4.78, 5) is 26.1. The van der Waals surface area contributed by atoms with Gasteiger partial charge < -0.3 is 14.6 Å². The Bertz CT molecular complexity index is 1350. The van der Waals surface area contributed by atoms with Gasteiger partial charge in [-0.25, -0.2) is 4.39 Å². The third kappa shape index (κ3) is 3.03. The number of benzene rings is 2. The van der Waals surface area contributed by atoms with E-state index in [0.717, 1.165) is 42.4 Å². The summed E-state index contributed by atoms with van der Waals surface area (Å²) in [5.41, 5.74) is 2.83. The van der Waals surface area contributed by atoms with Gasteiger partial charge >= 0.3 is 0 Å². The van der Waals surface area contributed by atoms with Crippen molar-refractivity contribution in [2.24, 2.45) is 0 Å². The van der Waals surface area contributed by atoms with E-state index >= 15 is 4.39 Å². The van der Waals surface area contributed by atoms with Crippen molar-refractivity contribution in [2.45, 2.75) is 31.7 Å². The van der Waals surface area contributed by atoms with Gasteiger partial charge in [0, 0.05) is 40.2 Å². The maximum atomic E-state index is 15.2. The molecule has 1 atom stereocenters. The van der Waals surface area contributed by atoms with Gasteiger partial charge in [0.15, 0.2) is 0 Å². The van der Waals surface area contributed by atoms with Gasteiger partial charge in [-0.15, -0.1) is 0 Å². The summed E-state index contributed by atoms with van der Waals surface area (Å²) in [5, 5.41) is 6.66. The van der Waals surface area contributed by atoms with Crippen LogP contribution >= 0.6 is 0 Å². The first-order chi connectivity index (χ1) is 16.0. The number of para-hydroxylation sites is 1. The second kappa shape index (κ2) is 7.56. The van der Waals surface area contributed by atoms with E-state index in [2.05, 4.69) is 15.2 Å². The molecule has 0 bridgehead atoms. The number of halogens is 1. The number of ether oxygens (including phenoxy) is 1. The molecule has 6 nitrogen and oxygen atoms in total. The van der Waals surface area contributed by atoms with Gasteiger partial charge in [-0.05, 0) is 38.1 Å². The van der Waals surface area contributed by atoms with Crippen LogP contribution in [0.25, 0.3) is 22.0 Å². The molecule has 3 aliphatic rings. The zero-order valence-corrected chi connectivity index (χ0v) is 18.3. The van der Waals surface area contributed by atoms with Crippen molar-refractivity contribution in [1.29, 1.82) is 0 Å². The number of imide groups is 1. The molecule has 1 fully saturated rings. The van der Waals surface area contributed by atoms with Gasteiger partial charge in [-0.2, -0.15) is 0 Å². The van der Waals surface area contributed by atoms with Crippen LogP contribution in [0.5, 0.6) is 5.75 Å². The lowest BCUT2D eigenvalue weighted by Gasteiger charge is -2.25. The number of amides is 2. The lowest BCUT2D eigenvalue weighted by molar-refractivity contribution is -0.122. The van der Waals surface area contributed by atoms with Crippen LogP contribution in [0.2, 0.25) is 0 Å². The molecule has 0 radical (unpaired) electrons. The van der Waals surface area contributed by atoms with Gasteiger partial charge in [0.05, 0.1) is 23.3 Å². The molecule has 168 valence electrons. The summed E-state index contributed by atoms with van der Waals surface area (Å²) in [6.45, 7) is 4.26. The predicted molar refractivity (Wildman–Crippen MR) is 123 cm³/mol. The molecule has 6 rings (SSSR count). The molecule has 3 aliphatic heterocycles. The van der Waals surface area contributed by atoms with Crippen molar-refractivity contribution < 1.29 is 18.7 Å². The molecule has 1 saturated heterocycles. The molecule has 2 N–H and O–H groups in total. The lowest BCUT2D eigenvalue weighted by Crippen LogP contribution is -2.29. The second-order valence-corrected chi connectivity index (χ2v) is 9.03. The van der Waals surface area contributed by atoms with E-state index in [9.17, 15) is 9.59 Å². The lowest BCUT2D eigenvalue weighted by atomic mass is 9.92. The van der Waals surface area contributed by atoms with Crippen LogP contribution in [0.4, 0.5) is 4.39 Å². The Hall–Kier alpha value is -3.45. The maximum Gasteiger partial charge on any atom is 0.259 e. The molecule has 1 unspecified atom stereocenters. The van der Waals surface area contributed by atoms with Crippen molar-refractivity contribution >= 4 is 33.9 Å². The minimum absolute atomic E-state index is 0.0525. The minimum atomic E-state index is -0.593. The highest BCUT2D eigenvalue weighted by Crippen LogP contribution is 2.45. The van der Waals surface area contributed by atoms with Gasteiger partial charge in [0.1, 0.15) is 11.6 Å². The van der Waals surface area contributed by atoms with E-state index in [1.807, 2.05) is 37.4 Å². The van der Waals surface area contributed by atoms with Crippen LogP contribution in [0.3, 0.4) is 0 Å². The summed E-state index contributed by atoms with van der Waals surface area (Å²) in [6, 6.07) is 11.2. The molecular weight excluding hydrogens is 421 g/mol. The summed E-state index contributed by atoms with van der Waals surface area (Å²) in [6.07, 6.45) is 3.90. The fraction of sp³-hybridized carbons (Fsp3) is 0.308. The first-order valence-electron chi connectivity index (χ1n) is 11.4. The predicted octanol–water partition coefficient (Wildman–Crippen LogP) is 3.77. The zero-order valence-electron chi connectivity index (χ0n) is 18.3. The SMILES string of the molecule is CC1COc2c1ccc(F)c2C1=C(c2cn(C3CCNCC3)c3ccccc23)C(=O)NC1=O. The van der Waals surface area contributed by atoms with E-state index in [-0.39, 0.29) is 28.7 Å². The Labute approximate surface area is 190 Å². The number of nitrogens with zero attached hydrogens (tertiary/aromatic N) is 1. The maximum absolute atomic E-state index is 15.2. The molecule has 4 heterocycles. The number of carbonyl (C=O) groups excluding carboxylic acids is 2. The molecule has 3 aromatic rings. The van der Waals surface area contributed by atoms with Crippen LogP contribution in [-0.4, -0.2) is 36.1 Å². The van der Waals surface area contributed by atoms with E-state index in [1.165, 1.54) is 6.07 Å². The van der Waals surface area contributed by atoms with E-state index < -0.39 is 17.6 Å². The van der Waals surface area contributed by atoms with E-state index in [0.29, 0.717) is 17.9 Å². The first-order valence-corrected chi connectivity index (χ1v) is 11.4. The fourth-order valence-electron chi connectivity index (χ4n) is 5.39. The van der Waals surface area contributed by atoms with Crippen molar-refractivity contribution in [3.8, 4) is 5.75 Å². The smallest absolute Gasteiger partial charge is 0.259 e. The van der Waals surface area contributed by atoms with Crippen molar-refractivity contribution in [1.82, 2.24) is 15.2 Å². The topological polar surface area (TPSA) is 72.4 Å². The third-order valence-electron chi connectivity index (χ3n) is 7.04. The molecular formula is C26H24FN3O3. The van der Waals surface area contributed by atoms with Crippen molar-refractivity contribution in [3.63, 3.8) is 0 Å². The number of aromatic nitrogens is 1. The quantitative estimate of drug-likeness (QED) is 0.602. The standard InChI is InChI=1S/C26H24FN3O3/c1-14-13-33-24-16(14)6-7-19(27)22(24)23-21(25(31)29-26(23)32)18-12-30(15-8-10-28-11-9-15)20-5-3-2-4-17(18)20/h2-7,12,14-15,28H,8-11,13H2,1H3,(H,29,31,32). The van der Waals surface area contributed by atoms with Crippen LogP contribution in [0.1, 0.15) is 48.4 Å². The number of hydrogen-bond donors (Lipinski definition) is 2. The first kappa shape index (κ1) is 20.2. The molecule has 0 spiro atoms. The van der Waals surface area contributed by atoms with Crippen LogP contribution in [-0.2, 0) is 9.59 Å². The number of nitrogens with one attached hydrogen (secondary N) is 2. The average molecular weight is 445 g/mol. The van der Waals surface area contributed by atoms with Crippen molar-refractivity contribution in [3.05, 3.63) is 65.1 Å². The third-order valence-corrected chi connectivity index (χ3v) is 7.04. The highest BCUT2D eigenvalue weighted by Gasteiger charge is 2.39. The van der Waals surface area contributed by atoms with Crippen molar-refractivity contribution in [2.75, 3.05) is 19.7 Å². The van der Waals surface area contributed by atoms with Gasteiger partial charge in [0.25, 0.3) is 11.8 Å². The Kier molecular flexibility index (Phi) is 4.62. The average Bonchev–Trinajstić information content (AvgIpc) is 3.47. The fourth-order valence-corrected chi connectivity index (χ4v) is 5.39. The summed E-state index contributed by atoms with van der Waals surface area (Å²) in [7, 11) is 0. The molecule has 2 aromatic carbocycles. The monoisotopic (exact) mass is 445 g/mol. The van der Waals surface area contributed by atoms with E-state index in [1.54, 1.807) is 6.07 Å². The number of piperidine rings is 1. The number of fused-ring (bicyclic) bond motifs is 2. The Balaban J connectivity index is 1.62. The molecule has 33 heavy (non-hydrogen) atoms. The molecule has 0 aliphatic carbocycles. The molecule has 0 saturated carbocycles. The normalized spacial score (nSPS) is 21.0. The van der Waals surface area contributed by atoms with Crippen LogP contribution in [0.15, 0.2) is 42.6 Å². The van der Waals surface area contributed by atoms with Crippen LogP contribution in [0, 0.1) is 5.82 Å². The number of hydrogen-bond acceptors (Lipinski definition) is 4. The number of rotatable bonds is 3. The Morgan fingerprint density at radius 1 is 1.03 bits per heavy atom. The van der Waals surface area contributed by atoms with E-state index in [4.69, 9.17) is 4.74 Å². The molecule has 2 amide bonds. The summed E-state index contributed by atoms with van der Waals surface area (Å²) < 4.78 is 23.2. The molecule has 1 aromatic heterocycles. The van der Waals surface area contributed by atoms with Gasteiger partial charge in [-0.3, -0.25) is 14.9 Å². The Morgan fingerprint density at radius 2 is 1.79 bits per heavy atom. The molecule has 7 heteroatoms.